The quantitative estimate of drug-likeness (QED) is 0.891. The van der Waals surface area contributed by atoms with Crippen molar-refractivity contribution in [3.05, 3.63) is 46.6 Å². The van der Waals surface area contributed by atoms with Crippen LogP contribution in [0, 0.1) is 13.8 Å². The minimum atomic E-state index is -4.35. The van der Waals surface area contributed by atoms with Gasteiger partial charge in [-0.2, -0.15) is 18.3 Å². The number of benzene rings is 1. The van der Waals surface area contributed by atoms with Crippen LogP contribution in [0.4, 0.5) is 19.0 Å². The summed E-state index contributed by atoms with van der Waals surface area (Å²) in [6.45, 7) is 4.25. The fourth-order valence-electron chi connectivity index (χ4n) is 2.19. The first-order valence-electron chi connectivity index (χ1n) is 6.88. The lowest BCUT2D eigenvalue weighted by Gasteiger charge is -2.12. The zero-order chi connectivity index (χ0) is 16.3. The molecule has 1 aromatic heterocycles. The number of aliphatic hydroxyl groups excluding tert-OH is 1. The maximum atomic E-state index is 12.7. The van der Waals surface area contributed by atoms with Gasteiger partial charge in [0, 0.05) is 12.1 Å². The summed E-state index contributed by atoms with van der Waals surface area (Å²) in [5.74, 6) is 0.712. The Labute approximate surface area is 126 Å². The van der Waals surface area contributed by atoms with Gasteiger partial charge in [-0.25, -0.2) is 4.68 Å². The summed E-state index contributed by atoms with van der Waals surface area (Å²) < 4.78 is 39.7. The second kappa shape index (κ2) is 6.39. The molecule has 0 bridgehead atoms. The summed E-state index contributed by atoms with van der Waals surface area (Å²) in [7, 11) is 0. The molecular weight excluding hydrogens is 295 g/mol. The first-order valence-corrected chi connectivity index (χ1v) is 6.88. The average Bonchev–Trinajstić information content (AvgIpc) is 2.72. The van der Waals surface area contributed by atoms with Crippen molar-refractivity contribution in [2.75, 3.05) is 11.9 Å². The van der Waals surface area contributed by atoms with Crippen LogP contribution in [-0.2, 0) is 19.3 Å². The lowest BCUT2D eigenvalue weighted by molar-refractivity contribution is -0.137. The van der Waals surface area contributed by atoms with Crippen molar-refractivity contribution in [2.24, 2.45) is 0 Å². The van der Waals surface area contributed by atoms with Gasteiger partial charge in [-0.15, -0.1) is 0 Å². The van der Waals surface area contributed by atoms with Crippen molar-refractivity contribution in [3.8, 4) is 0 Å². The van der Waals surface area contributed by atoms with E-state index in [-0.39, 0.29) is 13.2 Å². The van der Waals surface area contributed by atoms with Crippen LogP contribution in [0.5, 0.6) is 0 Å². The Kier molecular flexibility index (Phi) is 4.75. The Bertz CT molecular complexity index is 650. The van der Waals surface area contributed by atoms with Crippen molar-refractivity contribution in [3.63, 3.8) is 0 Å². The summed E-state index contributed by atoms with van der Waals surface area (Å²) in [4.78, 5) is 0. The molecule has 0 saturated carbocycles. The molecule has 0 atom stereocenters. The number of nitrogens with one attached hydrogen (secondary N) is 1. The van der Waals surface area contributed by atoms with Crippen LogP contribution in [0.3, 0.4) is 0 Å². The second-order valence-electron chi connectivity index (χ2n) is 5.06. The third kappa shape index (κ3) is 3.59. The standard InChI is InChI=1S/C15H18F3N3O/c1-10-11(2)20-21(6-7-22)14(10)19-9-12-4-3-5-13(8-12)15(16,17)18/h3-5,8,19,22H,6-7,9H2,1-2H3. The van der Waals surface area contributed by atoms with Crippen LogP contribution in [0.25, 0.3) is 0 Å². The third-order valence-electron chi connectivity index (χ3n) is 3.45. The highest BCUT2D eigenvalue weighted by atomic mass is 19.4. The summed E-state index contributed by atoms with van der Waals surface area (Å²) in [5, 5.41) is 16.4. The molecule has 0 aliphatic carbocycles. The van der Waals surface area contributed by atoms with Crippen LogP contribution >= 0.6 is 0 Å². The molecule has 1 heterocycles. The largest absolute Gasteiger partial charge is 0.416 e. The van der Waals surface area contributed by atoms with Crippen molar-refractivity contribution < 1.29 is 18.3 Å². The molecule has 0 spiro atoms. The third-order valence-corrected chi connectivity index (χ3v) is 3.45. The monoisotopic (exact) mass is 313 g/mol. The average molecular weight is 313 g/mol. The van der Waals surface area contributed by atoms with E-state index in [1.807, 2.05) is 13.8 Å². The van der Waals surface area contributed by atoms with Gasteiger partial charge in [0.2, 0.25) is 0 Å². The minimum Gasteiger partial charge on any atom is -0.394 e. The van der Waals surface area contributed by atoms with Crippen molar-refractivity contribution in [1.29, 1.82) is 0 Å². The van der Waals surface area contributed by atoms with Crippen LogP contribution in [0.15, 0.2) is 24.3 Å². The van der Waals surface area contributed by atoms with E-state index in [1.54, 1.807) is 10.7 Å². The predicted molar refractivity (Wildman–Crippen MR) is 77.6 cm³/mol. The molecule has 4 nitrogen and oxygen atoms in total. The normalized spacial score (nSPS) is 11.7. The van der Waals surface area contributed by atoms with Crippen molar-refractivity contribution >= 4 is 5.82 Å². The molecule has 0 fully saturated rings. The van der Waals surface area contributed by atoms with Gasteiger partial charge < -0.3 is 10.4 Å². The fourth-order valence-corrected chi connectivity index (χ4v) is 2.19. The summed E-state index contributed by atoms with van der Waals surface area (Å²) in [5.41, 5.74) is 1.60. The van der Waals surface area contributed by atoms with Crippen LogP contribution in [0.1, 0.15) is 22.4 Å². The number of alkyl halides is 3. The lowest BCUT2D eigenvalue weighted by atomic mass is 10.1. The van der Waals surface area contributed by atoms with Gasteiger partial charge in [0.1, 0.15) is 5.82 Å². The molecule has 0 unspecified atom stereocenters. The molecule has 7 heteroatoms. The maximum Gasteiger partial charge on any atom is 0.416 e. The predicted octanol–water partition coefficient (Wildman–Crippen LogP) is 3.12. The van der Waals surface area contributed by atoms with Gasteiger partial charge in [-0.3, -0.25) is 0 Å². The van der Waals surface area contributed by atoms with E-state index < -0.39 is 11.7 Å². The number of rotatable bonds is 5. The molecule has 120 valence electrons. The van der Waals surface area contributed by atoms with Crippen LogP contribution in [0.2, 0.25) is 0 Å². The maximum absolute atomic E-state index is 12.7. The molecule has 0 aliphatic rings. The zero-order valence-electron chi connectivity index (χ0n) is 12.4. The van der Waals surface area contributed by atoms with Gasteiger partial charge in [0.05, 0.1) is 24.4 Å². The highest BCUT2D eigenvalue weighted by Crippen LogP contribution is 2.29. The number of aliphatic hydroxyl groups is 1. The van der Waals surface area contributed by atoms with Gasteiger partial charge in [-0.05, 0) is 31.5 Å². The highest BCUT2D eigenvalue weighted by molar-refractivity contribution is 5.47. The van der Waals surface area contributed by atoms with E-state index in [2.05, 4.69) is 10.4 Å². The smallest absolute Gasteiger partial charge is 0.394 e. The van der Waals surface area contributed by atoms with Gasteiger partial charge in [-0.1, -0.05) is 12.1 Å². The first-order chi connectivity index (χ1) is 10.3. The van der Waals surface area contributed by atoms with Gasteiger partial charge in [0.15, 0.2) is 0 Å². The second-order valence-corrected chi connectivity index (χ2v) is 5.06. The number of halogens is 3. The Morgan fingerprint density at radius 3 is 2.64 bits per heavy atom. The van der Waals surface area contributed by atoms with Crippen molar-refractivity contribution in [2.45, 2.75) is 33.1 Å². The van der Waals surface area contributed by atoms with Crippen LogP contribution in [-0.4, -0.2) is 21.5 Å². The number of hydrogen-bond donors (Lipinski definition) is 2. The molecule has 2 N–H and O–H groups in total. The Hall–Kier alpha value is -2.02. The van der Waals surface area contributed by atoms with E-state index in [0.29, 0.717) is 17.9 Å². The summed E-state index contributed by atoms with van der Waals surface area (Å²) in [6, 6.07) is 5.21. The fraction of sp³-hybridized carbons (Fsp3) is 0.400. The Morgan fingerprint density at radius 2 is 2.00 bits per heavy atom. The molecule has 0 saturated heterocycles. The zero-order valence-corrected chi connectivity index (χ0v) is 12.4. The molecule has 0 aliphatic heterocycles. The van der Waals surface area contributed by atoms with E-state index >= 15 is 0 Å². The number of aromatic nitrogens is 2. The van der Waals surface area contributed by atoms with Gasteiger partial charge >= 0.3 is 6.18 Å². The molecule has 1 aromatic carbocycles. The van der Waals surface area contributed by atoms with Crippen LogP contribution < -0.4 is 5.32 Å². The highest BCUT2D eigenvalue weighted by Gasteiger charge is 2.30. The number of nitrogens with zero attached hydrogens (tertiary/aromatic N) is 2. The molecule has 0 amide bonds. The van der Waals surface area contributed by atoms with Crippen molar-refractivity contribution in [1.82, 2.24) is 9.78 Å². The number of hydrogen-bond acceptors (Lipinski definition) is 3. The molecule has 22 heavy (non-hydrogen) atoms. The Morgan fingerprint density at radius 1 is 1.27 bits per heavy atom. The number of anilines is 1. The summed E-state index contributed by atoms with van der Waals surface area (Å²) >= 11 is 0. The lowest BCUT2D eigenvalue weighted by Crippen LogP contribution is -2.11. The molecule has 2 rings (SSSR count). The van der Waals surface area contributed by atoms with E-state index in [0.717, 1.165) is 23.4 Å². The molecule has 2 aromatic rings. The molecular formula is C15H18F3N3O. The molecule has 0 radical (unpaired) electrons. The number of aryl methyl sites for hydroxylation is 1. The van der Waals surface area contributed by atoms with E-state index in [4.69, 9.17) is 5.11 Å². The van der Waals surface area contributed by atoms with E-state index in [9.17, 15) is 13.2 Å². The summed E-state index contributed by atoms with van der Waals surface area (Å²) in [6.07, 6.45) is -4.35. The minimum absolute atomic E-state index is 0.0567. The topological polar surface area (TPSA) is 50.1 Å². The SMILES string of the molecule is Cc1nn(CCO)c(NCc2cccc(C(F)(F)F)c2)c1C. The Balaban J connectivity index is 2.17. The van der Waals surface area contributed by atoms with Gasteiger partial charge in [0.25, 0.3) is 0 Å². The first kappa shape index (κ1) is 16.4. The van der Waals surface area contributed by atoms with E-state index in [1.165, 1.54) is 6.07 Å².